The molecule has 0 radical (unpaired) electrons. The van der Waals surface area contributed by atoms with Crippen LogP contribution in [0.5, 0.6) is 0 Å². The molecule has 2 aliphatic rings. The van der Waals surface area contributed by atoms with Gasteiger partial charge in [-0.1, -0.05) is 11.6 Å². The van der Waals surface area contributed by atoms with Gasteiger partial charge in [0.15, 0.2) is 5.65 Å². The Kier molecular flexibility index (Phi) is 6.94. The van der Waals surface area contributed by atoms with Gasteiger partial charge in [0.2, 0.25) is 17.8 Å². The van der Waals surface area contributed by atoms with Crippen LogP contribution >= 0.6 is 11.6 Å². The summed E-state index contributed by atoms with van der Waals surface area (Å²) in [4.78, 5) is 25.4. The summed E-state index contributed by atoms with van der Waals surface area (Å²) in [6.07, 6.45) is 6.97. The number of anilines is 3. The van der Waals surface area contributed by atoms with E-state index in [-0.39, 0.29) is 46.7 Å². The van der Waals surface area contributed by atoms with Crippen molar-refractivity contribution in [3.8, 4) is 0 Å². The lowest BCUT2D eigenvalue weighted by Gasteiger charge is -2.29. The summed E-state index contributed by atoms with van der Waals surface area (Å²) >= 11 is 5.71. The Hall–Kier alpha value is -3.05. The van der Waals surface area contributed by atoms with Crippen molar-refractivity contribution in [1.29, 1.82) is 0 Å². The second-order valence-electron chi connectivity index (χ2n) is 9.65. The second-order valence-corrected chi connectivity index (χ2v) is 10.1. The van der Waals surface area contributed by atoms with E-state index in [1.54, 1.807) is 6.20 Å². The van der Waals surface area contributed by atoms with E-state index < -0.39 is 11.6 Å². The molecule has 0 unspecified atom stereocenters. The molecule has 12 heteroatoms. The molecule has 0 spiro atoms. The van der Waals surface area contributed by atoms with Crippen LogP contribution in [0.4, 0.5) is 26.4 Å². The van der Waals surface area contributed by atoms with Crippen molar-refractivity contribution in [3.63, 3.8) is 0 Å². The number of fused-ring (bicyclic) bond motifs is 1. The number of carbonyl (C=O) groups excluding carboxylic acids is 1. The van der Waals surface area contributed by atoms with Crippen LogP contribution in [0.15, 0.2) is 18.3 Å². The molecule has 0 saturated heterocycles. The predicted octanol–water partition coefficient (Wildman–Crippen LogP) is 4.43. The molecule has 1 aromatic carbocycles. The molecule has 5 rings (SSSR count). The van der Waals surface area contributed by atoms with Crippen molar-refractivity contribution in [2.45, 2.75) is 69.6 Å². The van der Waals surface area contributed by atoms with Gasteiger partial charge in [0.1, 0.15) is 17.2 Å². The van der Waals surface area contributed by atoms with Gasteiger partial charge in [-0.25, -0.2) is 18.7 Å². The van der Waals surface area contributed by atoms with Crippen LogP contribution in [0.1, 0.15) is 57.4 Å². The summed E-state index contributed by atoms with van der Waals surface area (Å²) in [7, 11) is 0. The van der Waals surface area contributed by atoms with E-state index in [0.717, 1.165) is 31.4 Å². The average Bonchev–Trinajstić information content (AvgIpc) is 3.19. The largest absolute Gasteiger partial charge is 0.393 e. The number of nitrogens with one attached hydrogen (secondary N) is 2. The van der Waals surface area contributed by atoms with Crippen LogP contribution in [-0.2, 0) is 4.79 Å². The van der Waals surface area contributed by atoms with Crippen molar-refractivity contribution in [3.05, 3.63) is 35.0 Å². The van der Waals surface area contributed by atoms with E-state index in [2.05, 4.69) is 20.6 Å². The Labute approximate surface area is 211 Å². The molecule has 0 bridgehead atoms. The Balaban J connectivity index is 1.51. The van der Waals surface area contributed by atoms with Gasteiger partial charge in [0.25, 0.3) is 0 Å². The molecule has 2 heterocycles. The van der Waals surface area contributed by atoms with Crippen LogP contribution in [0.2, 0.25) is 5.02 Å². The third-order valence-electron chi connectivity index (χ3n) is 7.13. The highest BCUT2D eigenvalue weighted by molar-refractivity contribution is 6.30. The van der Waals surface area contributed by atoms with Gasteiger partial charge < -0.3 is 21.5 Å². The maximum atomic E-state index is 14.6. The third kappa shape index (κ3) is 5.08. The molecule has 192 valence electrons. The summed E-state index contributed by atoms with van der Waals surface area (Å²) in [6, 6.07) is 1.85. The number of amides is 1. The standard InChI is InChI=1S/C24H28ClF2N7O2/c25-16-9-18(27)19(10-17(16)26)31-24-32-20-11-29-23(30-13-2-1-3-15(35)8-13)33-22(20)34(24)14-6-4-12(5-7-14)21(28)36/h9-15,35H,1-8H2,(H2,28,36)(H,31,32)(H,29,30,33)/t12?,13-,14?,15-/m0/s1. The van der Waals surface area contributed by atoms with Crippen molar-refractivity contribution in [1.82, 2.24) is 19.5 Å². The van der Waals surface area contributed by atoms with Crippen LogP contribution in [0, 0.1) is 17.6 Å². The monoisotopic (exact) mass is 519 g/mol. The van der Waals surface area contributed by atoms with Gasteiger partial charge in [-0.3, -0.25) is 9.36 Å². The number of rotatable bonds is 6. The zero-order chi connectivity index (χ0) is 25.4. The Morgan fingerprint density at radius 2 is 1.89 bits per heavy atom. The quantitative estimate of drug-likeness (QED) is 0.354. The molecule has 5 N–H and O–H groups in total. The second kappa shape index (κ2) is 10.1. The number of nitrogens with two attached hydrogens (primary N) is 1. The number of halogens is 3. The fourth-order valence-electron chi connectivity index (χ4n) is 5.23. The van der Waals surface area contributed by atoms with Gasteiger partial charge in [-0.15, -0.1) is 0 Å². The van der Waals surface area contributed by atoms with E-state index in [1.807, 2.05) is 4.57 Å². The minimum atomic E-state index is -0.758. The smallest absolute Gasteiger partial charge is 0.224 e. The summed E-state index contributed by atoms with van der Waals surface area (Å²) in [5.74, 6) is -1.30. The van der Waals surface area contributed by atoms with E-state index in [9.17, 15) is 18.7 Å². The number of aromatic nitrogens is 4. The summed E-state index contributed by atoms with van der Waals surface area (Å²) in [5, 5.41) is 15.9. The summed E-state index contributed by atoms with van der Waals surface area (Å²) < 4.78 is 30.5. The molecule has 2 aliphatic carbocycles. The first-order valence-electron chi connectivity index (χ1n) is 12.2. The Morgan fingerprint density at radius 3 is 2.61 bits per heavy atom. The van der Waals surface area contributed by atoms with Crippen LogP contribution < -0.4 is 16.4 Å². The first kappa shape index (κ1) is 24.6. The fourth-order valence-corrected chi connectivity index (χ4v) is 5.38. The molecule has 2 aromatic heterocycles. The van der Waals surface area contributed by atoms with Crippen LogP contribution in [-0.4, -0.2) is 42.7 Å². The Bertz CT molecular complexity index is 1280. The van der Waals surface area contributed by atoms with Gasteiger partial charge >= 0.3 is 0 Å². The fraction of sp³-hybridized carbons (Fsp3) is 0.500. The van der Waals surface area contributed by atoms with E-state index >= 15 is 0 Å². The predicted molar refractivity (Wildman–Crippen MR) is 132 cm³/mol. The maximum absolute atomic E-state index is 14.6. The lowest BCUT2D eigenvalue weighted by Crippen LogP contribution is -2.30. The molecule has 2 fully saturated rings. The minimum Gasteiger partial charge on any atom is -0.393 e. The van der Waals surface area contributed by atoms with Crippen molar-refractivity contribution < 1.29 is 18.7 Å². The van der Waals surface area contributed by atoms with Crippen molar-refractivity contribution in [2.75, 3.05) is 10.6 Å². The number of imidazole rings is 1. The van der Waals surface area contributed by atoms with E-state index in [4.69, 9.17) is 22.3 Å². The molecule has 9 nitrogen and oxygen atoms in total. The lowest BCUT2D eigenvalue weighted by molar-refractivity contribution is -0.122. The third-order valence-corrected chi connectivity index (χ3v) is 7.42. The number of aliphatic hydroxyl groups excluding tert-OH is 1. The molecule has 2 saturated carbocycles. The molecule has 1 amide bonds. The number of hydrogen-bond donors (Lipinski definition) is 4. The maximum Gasteiger partial charge on any atom is 0.224 e. The van der Waals surface area contributed by atoms with Gasteiger partial charge in [-0.05, 0) is 57.4 Å². The zero-order valence-corrected chi connectivity index (χ0v) is 20.3. The first-order valence-corrected chi connectivity index (χ1v) is 12.6. The zero-order valence-electron chi connectivity index (χ0n) is 19.6. The van der Waals surface area contributed by atoms with Crippen molar-refractivity contribution in [2.24, 2.45) is 11.7 Å². The highest BCUT2D eigenvalue weighted by Gasteiger charge is 2.30. The van der Waals surface area contributed by atoms with Crippen molar-refractivity contribution >= 4 is 46.3 Å². The summed E-state index contributed by atoms with van der Waals surface area (Å²) in [5.41, 5.74) is 6.42. The van der Waals surface area contributed by atoms with E-state index in [0.29, 0.717) is 49.2 Å². The number of hydrogen-bond acceptors (Lipinski definition) is 7. The highest BCUT2D eigenvalue weighted by atomic mass is 35.5. The van der Waals surface area contributed by atoms with Crippen LogP contribution in [0.3, 0.4) is 0 Å². The number of primary amides is 1. The number of aliphatic hydroxyl groups is 1. The highest BCUT2D eigenvalue weighted by Crippen LogP contribution is 2.37. The normalized spacial score (nSPS) is 24.6. The topological polar surface area (TPSA) is 131 Å². The lowest BCUT2D eigenvalue weighted by atomic mass is 9.85. The minimum absolute atomic E-state index is 0.0531. The molecule has 2 atom stereocenters. The average molecular weight is 520 g/mol. The SMILES string of the molecule is NC(=O)C1CCC(n2c(Nc3cc(F)c(Cl)cc3F)nc3cnc(N[C@H]4CCC[C@H](O)C4)nc32)CC1. The van der Waals surface area contributed by atoms with Crippen LogP contribution in [0.25, 0.3) is 11.2 Å². The number of carbonyl (C=O) groups is 1. The Morgan fingerprint density at radius 1 is 1.11 bits per heavy atom. The summed E-state index contributed by atoms with van der Waals surface area (Å²) in [6.45, 7) is 0. The molecular formula is C24H28ClF2N7O2. The molecule has 0 aliphatic heterocycles. The first-order chi connectivity index (χ1) is 17.3. The van der Waals surface area contributed by atoms with Gasteiger partial charge in [-0.2, -0.15) is 4.98 Å². The number of benzene rings is 1. The number of nitrogens with zero attached hydrogens (tertiary/aromatic N) is 4. The van der Waals surface area contributed by atoms with Gasteiger partial charge in [0.05, 0.1) is 23.0 Å². The molecule has 36 heavy (non-hydrogen) atoms. The van der Waals surface area contributed by atoms with Gasteiger partial charge in [0, 0.05) is 24.1 Å². The molecule has 3 aromatic rings. The van der Waals surface area contributed by atoms with E-state index in [1.165, 1.54) is 0 Å². The molecular weight excluding hydrogens is 492 g/mol.